The Morgan fingerprint density at radius 3 is 2.50 bits per heavy atom. The molecule has 0 radical (unpaired) electrons. The lowest BCUT2D eigenvalue weighted by molar-refractivity contribution is 0.0947. The number of rotatable bonds is 6. The summed E-state index contributed by atoms with van der Waals surface area (Å²) in [6, 6.07) is 28.9. The molecule has 6 heteroatoms. The Hall–Kier alpha value is -4.03. The maximum absolute atomic E-state index is 13.8. The topological polar surface area (TPSA) is 58.6 Å². The molecule has 0 bridgehead atoms. The van der Waals surface area contributed by atoms with Crippen LogP contribution in [0.2, 0.25) is 0 Å². The number of ether oxygens (including phenoxy) is 1. The highest BCUT2D eigenvalue weighted by Gasteiger charge is 2.28. The Labute approximate surface area is 215 Å². The van der Waals surface area contributed by atoms with Crippen LogP contribution in [0.25, 0.3) is 0 Å². The molecule has 4 aromatic rings. The van der Waals surface area contributed by atoms with Gasteiger partial charge in [0.1, 0.15) is 5.75 Å². The van der Waals surface area contributed by atoms with E-state index in [0.29, 0.717) is 29.9 Å². The van der Waals surface area contributed by atoms with Crippen LogP contribution in [0.4, 0.5) is 5.69 Å². The minimum absolute atomic E-state index is 0.100. The summed E-state index contributed by atoms with van der Waals surface area (Å²) in [6.45, 7) is 2.82. The summed E-state index contributed by atoms with van der Waals surface area (Å²) in [6.07, 6.45) is 0. The first-order valence-electron chi connectivity index (χ1n) is 11.7. The average Bonchev–Trinajstić information content (AvgIpc) is 3.02. The number of fused-ring (bicyclic) bond motifs is 2. The highest BCUT2D eigenvalue weighted by Crippen LogP contribution is 2.42. The third-order valence-electron chi connectivity index (χ3n) is 6.14. The predicted octanol–water partition coefficient (Wildman–Crippen LogP) is 6.25. The van der Waals surface area contributed by atoms with Crippen LogP contribution in [-0.4, -0.2) is 18.9 Å². The van der Waals surface area contributed by atoms with Gasteiger partial charge in [-0.1, -0.05) is 65.9 Å². The van der Waals surface area contributed by atoms with Crippen molar-refractivity contribution in [3.8, 4) is 5.75 Å². The fourth-order valence-electron chi connectivity index (χ4n) is 4.16. The Kier molecular flexibility index (Phi) is 6.78. The summed E-state index contributed by atoms with van der Waals surface area (Å²) in [5, 5.41) is 3.00. The first-order valence-corrected chi connectivity index (χ1v) is 12.5. The SMILES string of the molecule is COc1cccc(CN2C(=O)c3ccccc3Sc3ccc(C(=O)NCc4ccc(C)cc4)cc32)c1. The summed E-state index contributed by atoms with van der Waals surface area (Å²) in [4.78, 5) is 30.4. The van der Waals surface area contributed by atoms with E-state index in [-0.39, 0.29) is 11.8 Å². The van der Waals surface area contributed by atoms with Gasteiger partial charge in [0, 0.05) is 21.9 Å². The van der Waals surface area contributed by atoms with E-state index in [2.05, 4.69) is 5.32 Å². The van der Waals surface area contributed by atoms with E-state index >= 15 is 0 Å². The zero-order chi connectivity index (χ0) is 25.1. The van der Waals surface area contributed by atoms with E-state index in [1.54, 1.807) is 23.8 Å². The standard InChI is InChI=1S/C30H26N2O3S/c1-20-10-12-21(13-11-20)18-31-29(33)23-14-15-28-26(17-23)32(19-22-6-5-7-24(16-22)35-2)30(34)25-8-3-4-9-27(25)36-28/h3-17H,18-19H2,1-2H3,(H,31,33). The van der Waals surface area contributed by atoms with Crippen molar-refractivity contribution >= 4 is 29.3 Å². The number of amides is 2. The van der Waals surface area contributed by atoms with Crippen LogP contribution >= 0.6 is 11.8 Å². The number of carbonyl (C=O) groups is 2. The van der Waals surface area contributed by atoms with Crippen LogP contribution in [0.3, 0.4) is 0 Å². The van der Waals surface area contributed by atoms with Crippen molar-refractivity contribution in [1.29, 1.82) is 0 Å². The fraction of sp³-hybridized carbons (Fsp3) is 0.133. The number of carbonyl (C=O) groups excluding carboxylic acids is 2. The van der Waals surface area contributed by atoms with Gasteiger partial charge in [-0.3, -0.25) is 9.59 Å². The first-order chi connectivity index (χ1) is 17.5. The number of nitrogens with one attached hydrogen (secondary N) is 1. The van der Waals surface area contributed by atoms with Gasteiger partial charge in [-0.25, -0.2) is 0 Å². The van der Waals surface area contributed by atoms with Crippen molar-refractivity contribution in [3.63, 3.8) is 0 Å². The zero-order valence-corrected chi connectivity index (χ0v) is 21.0. The van der Waals surface area contributed by atoms with Gasteiger partial charge >= 0.3 is 0 Å². The third-order valence-corrected chi connectivity index (χ3v) is 7.28. The van der Waals surface area contributed by atoms with Gasteiger partial charge < -0.3 is 15.0 Å². The molecule has 0 saturated carbocycles. The molecule has 1 heterocycles. The lowest BCUT2D eigenvalue weighted by Crippen LogP contribution is -2.31. The number of anilines is 1. The summed E-state index contributed by atoms with van der Waals surface area (Å²) < 4.78 is 5.38. The summed E-state index contributed by atoms with van der Waals surface area (Å²) in [5.74, 6) is 0.449. The largest absolute Gasteiger partial charge is 0.497 e. The van der Waals surface area contributed by atoms with E-state index in [4.69, 9.17) is 4.74 Å². The average molecular weight is 495 g/mol. The lowest BCUT2D eigenvalue weighted by atomic mass is 10.1. The van der Waals surface area contributed by atoms with Crippen LogP contribution in [0.15, 0.2) is 101 Å². The molecule has 0 aromatic heterocycles. The van der Waals surface area contributed by atoms with Crippen molar-refractivity contribution in [2.75, 3.05) is 12.0 Å². The molecule has 5 rings (SSSR count). The molecular formula is C30H26N2O3S. The van der Waals surface area contributed by atoms with E-state index in [9.17, 15) is 9.59 Å². The van der Waals surface area contributed by atoms with Crippen LogP contribution in [0, 0.1) is 6.92 Å². The van der Waals surface area contributed by atoms with Crippen LogP contribution in [-0.2, 0) is 13.1 Å². The number of aryl methyl sites for hydroxylation is 1. The summed E-state index contributed by atoms with van der Waals surface area (Å²) in [5.41, 5.74) is 5.02. The smallest absolute Gasteiger partial charge is 0.259 e. The first kappa shape index (κ1) is 23.7. The van der Waals surface area contributed by atoms with E-state index in [0.717, 1.165) is 26.7 Å². The Morgan fingerprint density at radius 2 is 1.69 bits per heavy atom. The van der Waals surface area contributed by atoms with Crippen molar-refractivity contribution in [2.45, 2.75) is 29.8 Å². The monoisotopic (exact) mass is 494 g/mol. The second-order valence-corrected chi connectivity index (χ2v) is 9.78. The van der Waals surface area contributed by atoms with Crippen molar-refractivity contribution in [1.82, 2.24) is 5.32 Å². The van der Waals surface area contributed by atoms with Gasteiger partial charge in [0.05, 0.1) is 24.9 Å². The molecule has 0 spiro atoms. The highest BCUT2D eigenvalue weighted by atomic mass is 32.2. The number of methoxy groups -OCH3 is 1. The Balaban J connectivity index is 1.48. The van der Waals surface area contributed by atoms with E-state index in [1.807, 2.05) is 97.9 Å². The molecule has 4 aromatic carbocycles. The number of hydrogen-bond acceptors (Lipinski definition) is 4. The number of nitrogens with zero attached hydrogens (tertiary/aromatic N) is 1. The third kappa shape index (κ3) is 4.99. The fourth-order valence-corrected chi connectivity index (χ4v) is 5.22. The molecule has 2 amide bonds. The van der Waals surface area contributed by atoms with Gasteiger partial charge in [0.2, 0.25) is 0 Å². The molecule has 1 aliphatic heterocycles. The van der Waals surface area contributed by atoms with E-state index in [1.165, 1.54) is 5.56 Å². The van der Waals surface area contributed by atoms with Gasteiger partial charge in [-0.2, -0.15) is 0 Å². The minimum atomic E-state index is -0.182. The maximum atomic E-state index is 13.8. The minimum Gasteiger partial charge on any atom is -0.497 e. The molecule has 0 saturated heterocycles. The van der Waals surface area contributed by atoms with Gasteiger partial charge in [0.15, 0.2) is 0 Å². The van der Waals surface area contributed by atoms with Crippen molar-refractivity contribution in [3.05, 3.63) is 119 Å². The highest BCUT2D eigenvalue weighted by molar-refractivity contribution is 7.99. The van der Waals surface area contributed by atoms with Gasteiger partial charge in [-0.05, 0) is 60.5 Å². The van der Waals surface area contributed by atoms with Gasteiger partial charge in [-0.15, -0.1) is 0 Å². The molecule has 36 heavy (non-hydrogen) atoms. The summed E-state index contributed by atoms with van der Waals surface area (Å²) >= 11 is 1.54. The molecule has 1 N–H and O–H groups in total. The second kappa shape index (κ2) is 10.3. The lowest BCUT2D eigenvalue weighted by Gasteiger charge is -2.24. The molecule has 1 aliphatic rings. The van der Waals surface area contributed by atoms with Crippen LogP contribution in [0.1, 0.15) is 37.4 Å². The molecule has 0 fully saturated rings. The Bertz CT molecular complexity index is 1430. The quantitative estimate of drug-likeness (QED) is 0.344. The number of hydrogen-bond donors (Lipinski definition) is 1. The molecule has 0 aliphatic carbocycles. The van der Waals surface area contributed by atoms with Crippen LogP contribution < -0.4 is 15.0 Å². The van der Waals surface area contributed by atoms with Crippen molar-refractivity contribution < 1.29 is 14.3 Å². The van der Waals surface area contributed by atoms with Crippen molar-refractivity contribution in [2.24, 2.45) is 0 Å². The predicted molar refractivity (Wildman–Crippen MR) is 143 cm³/mol. The Morgan fingerprint density at radius 1 is 0.889 bits per heavy atom. The zero-order valence-electron chi connectivity index (χ0n) is 20.2. The maximum Gasteiger partial charge on any atom is 0.259 e. The number of benzene rings is 4. The normalized spacial score (nSPS) is 12.4. The molecule has 0 atom stereocenters. The van der Waals surface area contributed by atoms with E-state index < -0.39 is 0 Å². The molecule has 180 valence electrons. The summed E-state index contributed by atoms with van der Waals surface area (Å²) in [7, 11) is 1.62. The molecule has 0 unspecified atom stereocenters. The molecule has 5 nitrogen and oxygen atoms in total. The second-order valence-electron chi connectivity index (χ2n) is 8.69. The van der Waals surface area contributed by atoms with Crippen LogP contribution in [0.5, 0.6) is 5.75 Å². The van der Waals surface area contributed by atoms with Gasteiger partial charge in [0.25, 0.3) is 11.8 Å². The molecular weight excluding hydrogens is 468 g/mol.